The maximum atomic E-state index is 11.3. The third-order valence-corrected chi connectivity index (χ3v) is 2.22. The zero-order valence-electron chi connectivity index (χ0n) is 8.31. The maximum Gasteiger partial charge on any atom is 0.332 e. The highest BCUT2D eigenvalue weighted by Crippen LogP contribution is 2.11. The minimum atomic E-state index is -1.42. The van der Waals surface area contributed by atoms with Crippen molar-refractivity contribution in [2.75, 3.05) is 13.2 Å². The summed E-state index contributed by atoms with van der Waals surface area (Å²) in [5.74, 6) is -1.51. The van der Waals surface area contributed by atoms with Crippen molar-refractivity contribution in [3.63, 3.8) is 0 Å². The fourth-order valence-electron chi connectivity index (χ4n) is 1.35. The molecule has 1 rings (SSSR count). The van der Waals surface area contributed by atoms with Crippen LogP contribution in [0.1, 0.15) is 19.3 Å². The van der Waals surface area contributed by atoms with Crippen LogP contribution in [0.5, 0.6) is 0 Å². The van der Waals surface area contributed by atoms with Gasteiger partial charge in [0.25, 0.3) is 0 Å². The van der Waals surface area contributed by atoms with Crippen LogP contribution in [0.25, 0.3) is 0 Å². The summed E-state index contributed by atoms with van der Waals surface area (Å²) in [5.41, 5.74) is 0. The Morgan fingerprint density at radius 1 is 1.53 bits per heavy atom. The Kier molecular flexibility index (Phi) is 4.51. The van der Waals surface area contributed by atoms with Crippen molar-refractivity contribution in [2.45, 2.75) is 31.5 Å². The van der Waals surface area contributed by atoms with E-state index in [0.29, 0.717) is 13.0 Å². The van der Waals surface area contributed by atoms with Crippen LogP contribution >= 0.6 is 0 Å². The van der Waals surface area contributed by atoms with Crippen molar-refractivity contribution in [1.29, 1.82) is 0 Å². The van der Waals surface area contributed by atoms with E-state index in [1.54, 1.807) is 0 Å². The zero-order valence-corrected chi connectivity index (χ0v) is 8.31. The molecule has 6 heteroatoms. The molecule has 1 saturated heterocycles. The van der Waals surface area contributed by atoms with Gasteiger partial charge in [-0.05, 0) is 12.8 Å². The first-order valence-electron chi connectivity index (χ1n) is 4.91. The largest absolute Gasteiger partial charge is 0.479 e. The first-order valence-corrected chi connectivity index (χ1v) is 4.91. The lowest BCUT2D eigenvalue weighted by Gasteiger charge is -2.11. The molecule has 3 N–H and O–H groups in total. The summed E-state index contributed by atoms with van der Waals surface area (Å²) in [6.45, 7) is 0.738. The average Bonchev–Trinajstić information content (AvgIpc) is 2.70. The van der Waals surface area contributed by atoms with Gasteiger partial charge < -0.3 is 20.3 Å². The molecular formula is C9H15NO5. The molecule has 1 heterocycles. The first-order chi connectivity index (χ1) is 7.11. The second-order valence-corrected chi connectivity index (χ2v) is 3.44. The maximum absolute atomic E-state index is 11.3. The zero-order chi connectivity index (χ0) is 11.3. The van der Waals surface area contributed by atoms with E-state index in [-0.39, 0.29) is 18.9 Å². The van der Waals surface area contributed by atoms with E-state index in [9.17, 15) is 9.59 Å². The number of carboxylic acid groups (broad SMARTS) is 1. The number of ether oxygens (including phenoxy) is 1. The fourth-order valence-corrected chi connectivity index (χ4v) is 1.35. The smallest absolute Gasteiger partial charge is 0.332 e. The van der Waals surface area contributed by atoms with Gasteiger partial charge in [-0.3, -0.25) is 4.79 Å². The van der Waals surface area contributed by atoms with Crippen LogP contribution in [-0.4, -0.2) is 47.4 Å². The molecule has 2 atom stereocenters. The van der Waals surface area contributed by atoms with E-state index in [0.717, 1.165) is 6.42 Å². The van der Waals surface area contributed by atoms with Crippen LogP contribution in [0.2, 0.25) is 0 Å². The molecule has 1 unspecified atom stereocenters. The number of carbonyl (C=O) groups is 2. The summed E-state index contributed by atoms with van der Waals surface area (Å²) < 4.78 is 5.13. The summed E-state index contributed by atoms with van der Waals surface area (Å²) in [4.78, 5) is 21.6. The highest BCUT2D eigenvalue weighted by Gasteiger charge is 2.23. The summed E-state index contributed by atoms with van der Waals surface area (Å²) >= 11 is 0. The van der Waals surface area contributed by atoms with E-state index in [2.05, 4.69) is 5.32 Å². The molecule has 1 amide bonds. The summed E-state index contributed by atoms with van der Waals surface area (Å²) in [6.07, 6.45) is -0.251. The molecule has 0 bridgehead atoms. The number of carboxylic acids is 1. The Labute approximate surface area is 87.2 Å². The molecule has 0 aliphatic carbocycles. The molecule has 0 saturated carbocycles. The molecule has 0 aromatic rings. The van der Waals surface area contributed by atoms with E-state index in [1.807, 2.05) is 0 Å². The van der Waals surface area contributed by atoms with Gasteiger partial charge in [0.1, 0.15) is 6.10 Å². The summed E-state index contributed by atoms with van der Waals surface area (Å²) in [7, 11) is 0. The lowest BCUT2D eigenvalue weighted by molar-refractivity contribution is -0.147. The molecule has 1 fully saturated rings. The van der Waals surface area contributed by atoms with Gasteiger partial charge in [0, 0.05) is 19.6 Å². The van der Waals surface area contributed by atoms with E-state index in [4.69, 9.17) is 14.9 Å². The molecule has 1 aliphatic heterocycles. The SMILES string of the molecule is O=C(O)C(O)CCNC(=O)[C@H]1CCCO1. The molecule has 0 spiro atoms. The highest BCUT2D eigenvalue weighted by molar-refractivity contribution is 5.81. The van der Waals surface area contributed by atoms with Gasteiger partial charge >= 0.3 is 5.97 Å². The van der Waals surface area contributed by atoms with Crippen LogP contribution < -0.4 is 5.32 Å². The Morgan fingerprint density at radius 3 is 2.80 bits per heavy atom. The third-order valence-electron chi connectivity index (χ3n) is 2.22. The molecule has 0 aromatic heterocycles. The Morgan fingerprint density at radius 2 is 2.27 bits per heavy atom. The summed E-state index contributed by atoms with van der Waals surface area (Å²) in [6, 6.07) is 0. The number of amides is 1. The first kappa shape index (κ1) is 11.9. The van der Waals surface area contributed by atoms with Gasteiger partial charge in [-0.15, -0.1) is 0 Å². The molecule has 0 radical (unpaired) electrons. The van der Waals surface area contributed by atoms with Crippen LogP contribution in [0.15, 0.2) is 0 Å². The van der Waals surface area contributed by atoms with Crippen molar-refractivity contribution in [3.8, 4) is 0 Å². The van der Waals surface area contributed by atoms with Crippen molar-refractivity contribution in [3.05, 3.63) is 0 Å². The lowest BCUT2D eigenvalue weighted by Crippen LogP contribution is -2.36. The Bertz CT molecular complexity index is 237. The van der Waals surface area contributed by atoms with Crippen molar-refractivity contribution in [2.24, 2.45) is 0 Å². The number of carbonyl (C=O) groups excluding carboxylic acids is 1. The molecular weight excluding hydrogens is 202 g/mol. The van der Waals surface area contributed by atoms with Crippen LogP contribution in [-0.2, 0) is 14.3 Å². The predicted octanol–water partition coefficient (Wildman–Crippen LogP) is -0.883. The Hall–Kier alpha value is -1.14. The molecule has 1 aliphatic rings. The number of aliphatic carboxylic acids is 1. The number of hydrogen-bond acceptors (Lipinski definition) is 4. The number of aliphatic hydroxyl groups is 1. The van der Waals surface area contributed by atoms with Crippen LogP contribution in [0.3, 0.4) is 0 Å². The van der Waals surface area contributed by atoms with Gasteiger partial charge in [-0.25, -0.2) is 4.79 Å². The molecule has 6 nitrogen and oxygen atoms in total. The molecule has 0 aromatic carbocycles. The fraction of sp³-hybridized carbons (Fsp3) is 0.778. The second kappa shape index (κ2) is 5.67. The number of nitrogens with one attached hydrogen (secondary N) is 1. The standard InChI is InChI=1S/C9H15NO5/c11-6(9(13)14)3-4-10-8(12)7-2-1-5-15-7/h6-7,11H,1-5H2,(H,10,12)(H,13,14)/t6?,7-/m1/s1. The monoisotopic (exact) mass is 217 g/mol. The van der Waals surface area contributed by atoms with Crippen LogP contribution in [0.4, 0.5) is 0 Å². The number of rotatable bonds is 5. The van der Waals surface area contributed by atoms with Gasteiger partial charge in [-0.2, -0.15) is 0 Å². The minimum absolute atomic E-state index is 0.00773. The van der Waals surface area contributed by atoms with Crippen molar-refractivity contribution < 1.29 is 24.5 Å². The van der Waals surface area contributed by atoms with Crippen molar-refractivity contribution >= 4 is 11.9 Å². The van der Waals surface area contributed by atoms with Gasteiger partial charge in [0.15, 0.2) is 6.10 Å². The van der Waals surface area contributed by atoms with Crippen molar-refractivity contribution in [1.82, 2.24) is 5.32 Å². The van der Waals surface area contributed by atoms with E-state index >= 15 is 0 Å². The predicted molar refractivity (Wildman–Crippen MR) is 50.2 cm³/mol. The van der Waals surface area contributed by atoms with Gasteiger partial charge in [0.2, 0.25) is 5.91 Å². The Balaban J connectivity index is 2.14. The van der Waals surface area contributed by atoms with E-state index < -0.39 is 18.2 Å². The number of hydrogen-bond donors (Lipinski definition) is 3. The quantitative estimate of drug-likeness (QED) is 0.555. The van der Waals surface area contributed by atoms with E-state index in [1.165, 1.54) is 0 Å². The normalized spacial score (nSPS) is 22.3. The average molecular weight is 217 g/mol. The van der Waals surface area contributed by atoms with Gasteiger partial charge in [0.05, 0.1) is 0 Å². The number of aliphatic hydroxyl groups excluding tert-OH is 1. The lowest BCUT2D eigenvalue weighted by atomic mass is 10.2. The third kappa shape index (κ3) is 3.85. The minimum Gasteiger partial charge on any atom is -0.479 e. The van der Waals surface area contributed by atoms with Gasteiger partial charge in [-0.1, -0.05) is 0 Å². The molecule has 15 heavy (non-hydrogen) atoms. The molecule has 86 valence electrons. The van der Waals surface area contributed by atoms with Crippen LogP contribution in [0, 0.1) is 0 Å². The second-order valence-electron chi connectivity index (χ2n) is 3.44. The highest BCUT2D eigenvalue weighted by atomic mass is 16.5. The summed E-state index contributed by atoms with van der Waals surface area (Å²) in [5, 5.41) is 19.8. The topological polar surface area (TPSA) is 95.9 Å².